The van der Waals surface area contributed by atoms with E-state index in [1.165, 1.54) is 38.5 Å². The van der Waals surface area contributed by atoms with E-state index in [9.17, 15) is 5.11 Å². The molecule has 0 spiro atoms. The van der Waals surface area contributed by atoms with Crippen molar-refractivity contribution in [3.05, 3.63) is 0 Å². The lowest BCUT2D eigenvalue weighted by Crippen LogP contribution is -2.46. The summed E-state index contributed by atoms with van der Waals surface area (Å²) in [5.74, 6) is 0.798. The number of hydrogen-bond acceptors (Lipinski definition) is 3. The van der Waals surface area contributed by atoms with Gasteiger partial charge in [-0.15, -0.1) is 0 Å². The summed E-state index contributed by atoms with van der Waals surface area (Å²) in [5.41, 5.74) is 0. The van der Waals surface area contributed by atoms with Gasteiger partial charge in [-0.1, -0.05) is 32.6 Å². The highest BCUT2D eigenvalue weighted by molar-refractivity contribution is 4.80. The van der Waals surface area contributed by atoms with Crippen molar-refractivity contribution in [3.63, 3.8) is 0 Å². The molecule has 0 amide bonds. The lowest BCUT2D eigenvalue weighted by atomic mass is 9.98. The van der Waals surface area contributed by atoms with Gasteiger partial charge in [0.1, 0.15) is 0 Å². The van der Waals surface area contributed by atoms with Crippen LogP contribution >= 0.6 is 0 Å². The van der Waals surface area contributed by atoms with E-state index in [1.54, 1.807) is 0 Å². The molecule has 1 saturated heterocycles. The van der Waals surface area contributed by atoms with Gasteiger partial charge in [0, 0.05) is 12.6 Å². The SMILES string of the molecule is CCN(CC(O)CC1CCCC1)C1CCNCC1. The molecule has 2 N–H and O–H groups in total. The molecule has 18 heavy (non-hydrogen) atoms. The summed E-state index contributed by atoms with van der Waals surface area (Å²) in [5, 5.41) is 13.7. The Bertz CT molecular complexity index is 223. The number of likely N-dealkylation sites (N-methyl/N-ethyl adjacent to an activating group) is 1. The maximum Gasteiger partial charge on any atom is 0.0669 e. The van der Waals surface area contributed by atoms with Crippen LogP contribution in [0.15, 0.2) is 0 Å². The first-order valence-corrected chi connectivity index (χ1v) is 7.92. The molecule has 1 saturated carbocycles. The lowest BCUT2D eigenvalue weighted by Gasteiger charge is -2.35. The molecule has 106 valence electrons. The van der Waals surface area contributed by atoms with Crippen LogP contribution < -0.4 is 5.32 Å². The minimum absolute atomic E-state index is 0.108. The van der Waals surface area contributed by atoms with Gasteiger partial charge in [0.25, 0.3) is 0 Å². The Balaban J connectivity index is 1.73. The van der Waals surface area contributed by atoms with Crippen LogP contribution in [0.1, 0.15) is 51.9 Å². The molecule has 1 atom stereocenters. The number of aliphatic hydroxyl groups excluding tert-OH is 1. The van der Waals surface area contributed by atoms with Gasteiger partial charge < -0.3 is 10.4 Å². The van der Waals surface area contributed by atoms with Gasteiger partial charge in [-0.25, -0.2) is 0 Å². The molecule has 1 aliphatic heterocycles. The zero-order chi connectivity index (χ0) is 12.8. The van der Waals surface area contributed by atoms with Crippen LogP contribution in [-0.2, 0) is 0 Å². The first kappa shape index (κ1) is 14.3. The van der Waals surface area contributed by atoms with E-state index in [-0.39, 0.29) is 6.10 Å². The molecule has 0 aromatic heterocycles. The third-order valence-corrected chi connectivity index (χ3v) is 4.76. The number of hydrogen-bond donors (Lipinski definition) is 2. The smallest absolute Gasteiger partial charge is 0.0669 e. The maximum absolute atomic E-state index is 10.3. The van der Waals surface area contributed by atoms with Crippen LogP contribution in [0.5, 0.6) is 0 Å². The quantitative estimate of drug-likeness (QED) is 0.761. The van der Waals surface area contributed by atoms with E-state index in [2.05, 4.69) is 17.1 Å². The largest absolute Gasteiger partial charge is 0.392 e. The van der Waals surface area contributed by atoms with Crippen molar-refractivity contribution in [2.24, 2.45) is 5.92 Å². The summed E-state index contributed by atoms with van der Waals surface area (Å²) >= 11 is 0. The van der Waals surface area contributed by atoms with Crippen LogP contribution in [0.2, 0.25) is 0 Å². The fourth-order valence-electron chi connectivity index (χ4n) is 3.68. The number of nitrogens with zero attached hydrogens (tertiary/aromatic N) is 1. The standard InChI is InChI=1S/C15H30N2O/c1-2-17(14-7-9-16-10-8-14)12-15(18)11-13-5-3-4-6-13/h13-16,18H,2-12H2,1H3. The molecule has 2 rings (SSSR count). The van der Waals surface area contributed by atoms with E-state index >= 15 is 0 Å². The minimum atomic E-state index is -0.108. The zero-order valence-corrected chi connectivity index (χ0v) is 11.9. The Morgan fingerprint density at radius 1 is 1.17 bits per heavy atom. The van der Waals surface area contributed by atoms with Crippen molar-refractivity contribution in [3.8, 4) is 0 Å². The molecular formula is C15H30N2O. The van der Waals surface area contributed by atoms with Crippen LogP contribution in [0.25, 0.3) is 0 Å². The van der Waals surface area contributed by atoms with Gasteiger partial charge in [-0.3, -0.25) is 4.90 Å². The Morgan fingerprint density at radius 3 is 2.44 bits per heavy atom. The molecule has 3 heteroatoms. The first-order chi connectivity index (χ1) is 8.79. The molecule has 1 aliphatic carbocycles. The molecular weight excluding hydrogens is 224 g/mol. The van der Waals surface area contributed by atoms with Gasteiger partial charge in [-0.2, -0.15) is 0 Å². The summed E-state index contributed by atoms with van der Waals surface area (Å²) < 4.78 is 0. The van der Waals surface area contributed by atoms with E-state index in [1.807, 2.05) is 0 Å². The van der Waals surface area contributed by atoms with Crippen LogP contribution in [0.3, 0.4) is 0 Å². The van der Waals surface area contributed by atoms with Crippen molar-refractivity contribution in [2.45, 2.75) is 64.0 Å². The Kier molecular flexibility index (Phi) is 5.93. The third kappa shape index (κ3) is 4.22. The molecule has 0 aromatic rings. The first-order valence-electron chi connectivity index (χ1n) is 7.92. The average Bonchev–Trinajstić information content (AvgIpc) is 2.90. The second kappa shape index (κ2) is 7.46. The normalized spacial score (nSPS) is 24.8. The Labute approximate surface area is 112 Å². The molecule has 3 nitrogen and oxygen atoms in total. The highest BCUT2D eigenvalue weighted by Crippen LogP contribution is 2.29. The third-order valence-electron chi connectivity index (χ3n) is 4.76. The number of aliphatic hydroxyl groups is 1. The maximum atomic E-state index is 10.3. The summed E-state index contributed by atoms with van der Waals surface area (Å²) in [6.07, 6.45) is 8.84. The topological polar surface area (TPSA) is 35.5 Å². The summed E-state index contributed by atoms with van der Waals surface area (Å²) in [6.45, 7) is 6.47. The van der Waals surface area contributed by atoms with Crippen molar-refractivity contribution in [2.75, 3.05) is 26.2 Å². The predicted octanol–water partition coefficient (Wildman–Crippen LogP) is 2.00. The molecule has 2 aliphatic rings. The molecule has 0 bridgehead atoms. The molecule has 1 heterocycles. The highest BCUT2D eigenvalue weighted by Gasteiger charge is 2.24. The van der Waals surface area contributed by atoms with Gasteiger partial charge in [0.05, 0.1) is 6.10 Å². The second-order valence-corrected chi connectivity index (χ2v) is 6.11. The van der Waals surface area contributed by atoms with Crippen molar-refractivity contribution >= 4 is 0 Å². The monoisotopic (exact) mass is 254 g/mol. The second-order valence-electron chi connectivity index (χ2n) is 6.11. The number of rotatable bonds is 6. The van der Waals surface area contributed by atoms with Crippen molar-refractivity contribution in [1.29, 1.82) is 0 Å². The molecule has 0 aromatic carbocycles. The minimum Gasteiger partial charge on any atom is -0.392 e. The van der Waals surface area contributed by atoms with Crippen LogP contribution in [-0.4, -0.2) is 48.3 Å². The molecule has 0 radical (unpaired) electrons. The fraction of sp³-hybridized carbons (Fsp3) is 1.00. The summed E-state index contributed by atoms with van der Waals surface area (Å²) in [6, 6.07) is 0.689. The van der Waals surface area contributed by atoms with E-state index < -0.39 is 0 Å². The Hall–Kier alpha value is -0.120. The van der Waals surface area contributed by atoms with Crippen molar-refractivity contribution in [1.82, 2.24) is 10.2 Å². The molecule has 1 unspecified atom stereocenters. The highest BCUT2D eigenvalue weighted by atomic mass is 16.3. The summed E-state index contributed by atoms with van der Waals surface area (Å²) in [4.78, 5) is 2.50. The van der Waals surface area contributed by atoms with Gasteiger partial charge in [0.15, 0.2) is 0 Å². The van der Waals surface area contributed by atoms with E-state index in [0.29, 0.717) is 6.04 Å². The summed E-state index contributed by atoms with van der Waals surface area (Å²) in [7, 11) is 0. The van der Waals surface area contributed by atoms with Gasteiger partial charge >= 0.3 is 0 Å². The zero-order valence-electron chi connectivity index (χ0n) is 11.9. The van der Waals surface area contributed by atoms with Gasteiger partial charge in [-0.05, 0) is 44.8 Å². The van der Waals surface area contributed by atoms with Crippen molar-refractivity contribution < 1.29 is 5.11 Å². The fourth-order valence-corrected chi connectivity index (χ4v) is 3.68. The average molecular weight is 254 g/mol. The lowest BCUT2D eigenvalue weighted by molar-refractivity contribution is 0.0643. The van der Waals surface area contributed by atoms with Crippen LogP contribution in [0, 0.1) is 5.92 Å². The van der Waals surface area contributed by atoms with E-state index in [0.717, 1.165) is 38.5 Å². The number of piperidine rings is 1. The van der Waals surface area contributed by atoms with Gasteiger partial charge in [0.2, 0.25) is 0 Å². The number of nitrogens with one attached hydrogen (secondary N) is 1. The molecule has 2 fully saturated rings. The van der Waals surface area contributed by atoms with E-state index in [4.69, 9.17) is 0 Å². The van der Waals surface area contributed by atoms with Crippen LogP contribution in [0.4, 0.5) is 0 Å². The predicted molar refractivity (Wildman–Crippen MR) is 75.7 cm³/mol. The Morgan fingerprint density at radius 2 is 1.83 bits per heavy atom.